The molecule has 0 saturated heterocycles. The van der Waals surface area contributed by atoms with E-state index in [-0.39, 0.29) is 17.5 Å². The summed E-state index contributed by atoms with van der Waals surface area (Å²) in [4.78, 5) is 28.9. The van der Waals surface area contributed by atoms with Crippen LogP contribution in [0.15, 0.2) is 66.9 Å². The third-order valence-corrected chi connectivity index (χ3v) is 4.03. The van der Waals surface area contributed by atoms with Crippen LogP contribution < -0.4 is 10.6 Å². The molecule has 2 aromatic carbocycles. The summed E-state index contributed by atoms with van der Waals surface area (Å²) < 4.78 is 0. The van der Waals surface area contributed by atoms with E-state index in [4.69, 9.17) is 0 Å². The highest BCUT2D eigenvalue weighted by molar-refractivity contribution is 6.04. The van der Waals surface area contributed by atoms with Crippen LogP contribution in [0.5, 0.6) is 0 Å². The van der Waals surface area contributed by atoms with Crippen molar-refractivity contribution in [1.82, 2.24) is 10.3 Å². The fourth-order valence-corrected chi connectivity index (χ4v) is 2.82. The molecule has 5 nitrogen and oxygen atoms in total. The van der Waals surface area contributed by atoms with Gasteiger partial charge in [-0.15, -0.1) is 0 Å². The highest BCUT2D eigenvalue weighted by Crippen LogP contribution is 2.15. The summed E-state index contributed by atoms with van der Waals surface area (Å²) in [7, 11) is 0. The summed E-state index contributed by atoms with van der Waals surface area (Å²) in [6.45, 7) is 4.36. The van der Waals surface area contributed by atoms with E-state index in [1.54, 1.807) is 6.07 Å². The van der Waals surface area contributed by atoms with E-state index in [9.17, 15) is 9.59 Å². The van der Waals surface area contributed by atoms with Gasteiger partial charge >= 0.3 is 0 Å². The molecule has 2 amide bonds. The largest absolute Gasteiger partial charge is 0.348 e. The molecule has 0 fully saturated rings. The summed E-state index contributed by atoms with van der Waals surface area (Å²) >= 11 is 0. The van der Waals surface area contributed by atoms with Crippen LogP contribution in [0.2, 0.25) is 0 Å². The van der Waals surface area contributed by atoms with Gasteiger partial charge in [0.2, 0.25) is 0 Å². The highest BCUT2D eigenvalue weighted by atomic mass is 16.2. The van der Waals surface area contributed by atoms with E-state index < -0.39 is 0 Å². The van der Waals surface area contributed by atoms with Gasteiger partial charge in [0.25, 0.3) is 11.8 Å². The van der Waals surface area contributed by atoms with Gasteiger partial charge in [0.05, 0.1) is 0 Å². The molecule has 0 aliphatic heterocycles. The number of nitrogens with one attached hydrogen (secondary N) is 2. The molecular weight excluding hydrogens is 338 g/mol. The molecule has 3 rings (SSSR count). The molecule has 0 atom stereocenters. The number of hydrogen-bond donors (Lipinski definition) is 2. The summed E-state index contributed by atoms with van der Waals surface area (Å²) in [5.41, 5.74) is 4.43. The van der Waals surface area contributed by atoms with Crippen LogP contribution in [-0.4, -0.2) is 16.8 Å². The van der Waals surface area contributed by atoms with Gasteiger partial charge < -0.3 is 10.6 Å². The third kappa shape index (κ3) is 5.01. The van der Waals surface area contributed by atoms with Crippen LogP contribution in [0.3, 0.4) is 0 Å². The molecule has 0 spiro atoms. The Bertz CT molecular complexity index is 948. The van der Waals surface area contributed by atoms with Gasteiger partial charge in [-0.1, -0.05) is 36.4 Å². The predicted octanol–water partition coefficient (Wildman–Crippen LogP) is 3.88. The number of aromatic nitrogens is 1. The van der Waals surface area contributed by atoms with Gasteiger partial charge in [-0.25, -0.2) is 0 Å². The van der Waals surface area contributed by atoms with Gasteiger partial charge in [-0.2, -0.15) is 0 Å². The smallest absolute Gasteiger partial charge is 0.274 e. The molecular formula is C22H21N3O2. The van der Waals surface area contributed by atoms with E-state index >= 15 is 0 Å². The maximum Gasteiger partial charge on any atom is 0.274 e. The van der Waals surface area contributed by atoms with E-state index in [2.05, 4.69) is 15.6 Å². The van der Waals surface area contributed by atoms with Crippen molar-refractivity contribution in [3.63, 3.8) is 0 Å². The summed E-state index contributed by atoms with van der Waals surface area (Å²) in [5.74, 6) is -0.598. The second kappa shape index (κ2) is 8.27. The van der Waals surface area contributed by atoms with Crippen molar-refractivity contribution < 1.29 is 9.59 Å². The number of benzene rings is 2. The first kappa shape index (κ1) is 18.3. The van der Waals surface area contributed by atoms with Gasteiger partial charge in [0.15, 0.2) is 0 Å². The van der Waals surface area contributed by atoms with Crippen molar-refractivity contribution in [2.45, 2.75) is 20.4 Å². The molecule has 0 unspecified atom stereocenters. The zero-order valence-electron chi connectivity index (χ0n) is 15.3. The second-order valence-electron chi connectivity index (χ2n) is 6.43. The molecule has 1 heterocycles. The molecule has 0 radical (unpaired) electrons. The van der Waals surface area contributed by atoms with Crippen molar-refractivity contribution in [1.29, 1.82) is 0 Å². The van der Waals surface area contributed by atoms with Crippen LogP contribution >= 0.6 is 0 Å². The number of aryl methyl sites for hydroxylation is 2. The minimum atomic E-state index is -0.349. The maximum atomic E-state index is 12.5. The number of carbonyl (C=O) groups is 2. The van der Waals surface area contributed by atoms with Crippen LogP contribution in [0, 0.1) is 13.8 Å². The number of anilines is 1. The molecule has 0 aliphatic rings. The molecule has 0 aliphatic carbocycles. The van der Waals surface area contributed by atoms with Gasteiger partial charge in [-0.05, 0) is 54.8 Å². The second-order valence-corrected chi connectivity index (χ2v) is 6.43. The number of carbonyl (C=O) groups excluding carboxylic acids is 2. The van der Waals surface area contributed by atoms with E-state index in [1.807, 2.05) is 62.4 Å². The predicted molar refractivity (Wildman–Crippen MR) is 106 cm³/mol. The molecule has 0 saturated carbocycles. The van der Waals surface area contributed by atoms with E-state index in [0.717, 1.165) is 16.7 Å². The fraction of sp³-hybridized carbons (Fsp3) is 0.136. The minimum Gasteiger partial charge on any atom is -0.348 e. The highest BCUT2D eigenvalue weighted by Gasteiger charge is 2.12. The van der Waals surface area contributed by atoms with Crippen LogP contribution in [0.1, 0.15) is 37.5 Å². The SMILES string of the molecule is Cc1cc(C)cc(NC(=O)c2cc(C(=O)NCc3ccccc3)ccn2)c1. The summed E-state index contributed by atoms with van der Waals surface area (Å²) in [6.07, 6.45) is 1.47. The number of amides is 2. The Hall–Kier alpha value is -3.47. The topological polar surface area (TPSA) is 71.1 Å². The Balaban J connectivity index is 1.68. The molecule has 5 heteroatoms. The average Bonchev–Trinajstić information content (AvgIpc) is 2.66. The maximum absolute atomic E-state index is 12.5. The van der Waals surface area contributed by atoms with Crippen LogP contribution in [-0.2, 0) is 6.54 Å². The Kier molecular flexibility index (Phi) is 5.61. The Morgan fingerprint density at radius 2 is 1.59 bits per heavy atom. The van der Waals surface area contributed by atoms with Crippen LogP contribution in [0.4, 0.5) is 5.69 Å². The quantitative estimate of drug-likeness (QED) is 0.726. The Labute approximate surface area is 158 Å². The number of hydrogen-bond acceptors (Lipinski definition) is 3. The van der Waals surface area contributed by atoms with E-state index in [0.29, 0.717) is 17.8 Å². The zero-order valence-corrected chi connectivity index (χ0v) is 15.3. The monoisotopic (exact) mass is 359 g/mol. The molecule has 2 N–H and O–H groups in total. The average molecular weight is 359 g/mol. The van der Waals surface area contributed by atoms with Crippen molar-refractivity contribution in [2.24, 2.45) is 0 Å². The van der Waals surface area contributed by atoms with E-state index in [1.165, 1.54) is 12.3 Å². The Morgan fingerprint density at radius 1 is 0.889 bits per heavy atom. The lowest BCUT2D eigenvalue weighted by atomic mass is 10.1. The van der Waals surface area contributed by atoms with Crippen molar-refractivity contribution >= 4 is 17.5 Å². The van der Waals surface area contributed by atoms with Crippen molar-refractivity contribution in [2.75, 3.05) is 5.32 Å². The molecule has 0 bridgehead atoms. The number of pyridine rings is 1. The fourth-order valence-electron chi connectivity index (χ4n) is 2.82. The number of nitrogens with zero attached hydrogens (tertiary/aromatic N) is 1. The Morgan fingerprint density at radius 3 is 2.30 bits per heavy atom. The zero-order chi connectivity index (χ0) is 19.2. The number of rotatable bonds is 5. The molecule has 1 aromatic heterocycles. The standard InChI is InChI=1S/C22H21N3O2/c1-15-10-16(2)12-19(11-15)25-22(27)20-13-18(8-9-23-20)21(26)24-14-17-6-4-3-5-7-17/h3-13H,14H2,1-2H3,(H,24,26)(H,25,27). The molecule has 27 heavy (non-hydrogen) atoms. The van der Waals surface area contributed by atoms with Crippen molar-refractivity contribution in [3.8, 4) is 0 Å². The normalized spacial score (nSPS) is 10.3. The minimum absolute atomic E-state index is 0.196. The first-order valence-electron chi connectivity index (χ1n) is 8.69. The van der Waals surface area contributed by atoms with Crippen molar-refractivity contribution in [3.05, 3.63) is 94.8 Å². The van der Waals surface area contributed by atoms with Gasteiger partial charge in [-0.3, -0.25) is 14.6 Å². The summed E-state index contributed by atoms with van der Waals surface area (Å²) in [6, 6.07) is 18.5. The van der Waals surface area contributed by atoms with Gasteiger partial charge in [0, 0.05) is 24.0 Å². The third-order valence-electron chi connectivity index (χ3n) is 4.03. The molecule has 3 aromatic rings. The van der Waals surface area contributed by atoms with Crippen LogP contribution in [0.25, 0.3) is 0 Å². The lowest BCUT2D eigenvalue weighted by Gasteiger charge is -2.09. The summed E-state index contributed by atoms with van der Waals surface area (Å²) in [5, 5.41) is 5.68. The van der Waals surface area contributed by atoms with Gasteiger partial charge in [0.1, 0.15) is 5.69 Å². The lowest BCUT2D eigenvalue weighted by molar-refractivity contribution is 0.0951. The first-order valence-corrected chi connectivity index (χ1v) is 8.69. The first-order chi connectivity index (χ1) is 13.0. The molecule has 136 valence electrons. The lowest BCUT2D eigenvalue weighted by Crippen LogP contribution is -2.23.